The smallest absolute Gasteiger partial charge is 0.287 e. The van der Waals surface area contributed by atoms with E-state index in [1.54, 1.807) is 0 Å². The summed E-state index contributed by atoms with van der Waals surface area (Å²) in [6.07, 6.45) is 0.511. The minimum atomic E-state index is -0.663. The lowest BCUT2D eigenvalue weighted by molar-refractivity contribution is -0.141. The highest BCUT2D eigenvalue weighted by Gasteiger charge is 2.16. The molecular formula is C6H10NO3-. The Bertz CT molecular complexity index is 137. The van der Waals surface area contributed by atoms with Crippen molar-refractivity contribution >= 4 is 5.97 Å². The van der Waals surface area contributed by atoms with Gasteiger partial charge in [-0.15, -0.1) is 0 Å². The molecule has 0 bridgehead atoms. The molecule has 1 saturated heterocycles. The molecule has 1 aliphatic rings. The van der Waals surface area contributed by atoms with Gasteiger partial charge < -0.3 is 15.2 Å². The standard InChI is InChI=1S/C6H10NO3/c1-10-6(9)4-2-3-5(8)7-4/h4-5,8H,2-3H2,1H3/q-1/t4-,5?/m0/s1. The Balaban J connectivity index is 2.37. The molecule has 4 heteroatoms. The van der Waals surface area contributed by atoms with Crippen molar-refractivity contribution in [2.75, 3.05) is 7.11 Å². The van der Waals surface area contributed by atoms with E-state index in [1.807, 2.05) is 0 Å². The minimum absolute atomic E-state index is 0.350. The van der Waals surface area contributed by atoms with Gasteiger partial charge >= 0.3 is 0 Å². The second-order valence-electron chi connectivity index (χ2n) is 2.25. The average Bonchev–Trinajstić information content (AvgIpc) is 2.34. The number of rotatable bonds is 1. The maximum Gasteiger partial charge on any atom is 0.287 e. The van der Waals surface area contributed by atoms with Crippen LogP contribution in [0.3, 0.4) is 0 Å². The van der Waals surface area contributed by atoms with Crippen LogP contribution in [0.5, 0.6) is 0 Å². The number of hydrogen-bond donors (Lipinski definition) is 1. The molecule has 1 fully saturated rings. The van der Waals surface area contributed by atoms with Gasteiger partial charge in [0.1, 0.15) is 0 Å². The van der Waals surface area contributed by atoms with Crippen molar-refractivity contribution in [2.45, 2.75) is 25.1 Å². The van der Waals surface area contributed by atoms with Crippen LogP contribution in [0.2, 0.25) is 0 Å². The highest BCUT2D eigenvalue weighted by molar-refractivity contribution is 5.78. The number of aliphatic hydroxyl groups excluding tert-OH is 1. The molecule has 1 aliphatic heterocycles. The zero-order valence-corrected chi connectivity index (χ0v) is 5.78. The number of hydrogen-bond acceptors (Lipinski definition) is 3. The normalized spacial score (nSPS) is 32.2. The second-order valence-corrected chi connectivity index (χ2v) is 2.25. The van der Waals surface area contributed by atoms with Crippen molar-refractivity contribution < 1.29 is 14.6 Å². The molecule has 58 valence electrons. The molecule has 1 N–H and O–H groups in total. The lowest BCUT2D eigenvalue weighted by Gasteiger charge is -2.22. The summed E-state index contributed by atoms with van der Waals surface area (Å²) in [4.78, 5) is 10.7. The van der Waals surface area contributed by atoms with E-state index in [4.69, 9.17) is 5.11 Å². The van der Waals surface area contributed by atoms with E-state index in [1.165, 1.54) is 7.11 Å². The fourth-order valence-electron chi connectivity index (χ4n) is 0.978. The van der Waals surface area contributed by atoms with Gasteiger partial charge in [-0.2, -0.15) is 0 Å². The van der Waals surface area contributed by atoms with E-state index in [0.29, 0.717) is 12.8 Å². The van der Waals surface area contributed by atoms with Gasteiger partial charge in [-0.1, -0.05) is 6.42 Å². The minimum Gasteiger partial charge on any atom is -0.625 e. The van der Waals surface area contributed by atoms with Gasteiger partial charge in [-0.05, 0) is 18.7 Å². The molecule has 1 heterocycles. The summed E-state index contributed by atoms with van der Waals surface area (Å²) in [5.74, 6) is -0.350. The van der Waals surface area contributed by atoms with Crippen molar-refractivity contribution in [1.29, 1.82) is 0 Å². The first-order valence-electron chi connectivity index (χ1n) is 3.20. The Morgan fingerprint density at radius 2 is 2.40 bits per heavy atom. The van der Waals surface area contributed by atoms with Crippen LogP contribution in [0.25, 0.3) is 5.32 Å². The van der Waals surface area contributed by atoms with Gasteiger partial charge in [-0.3, -0.25) is 4.79 Å². The van der Waals surface area contributed by atoms with Crippen LogP contribution in [0.4, 0.5) is 0 Å². The highest BCUT2D eigenvalue weighted by Crippen LogP contribution is 2.24. The molecule has 1 rings (SSSR count). The topological polar surface area (TPSA) is 60.6 Å². The number of ether oxygens (including phenoxy) is 1. The third-order valence-electron chi connectivity index (χ3n) is 1.52. The SMILES string of the molecule is COC(=O)[C@@H]1CCC(O)[N-]1. The van der Waals surface area contributed by atoms with Crippen LogP contribution in [-0.2, 0) is 9.53 Å². The Labute approximate surface area is 59.2 Å². The molecule has 0 aromatic rings. The zero-order chi connectivity index (χ0) is 7.56. The maximum absolute atomic E-state index is 10.7. The summed E-state index contributed by atoms with van der Waals surface area (Å²) >= 11 is 0. The lowest BCUT2D eigenvalue weighted by atomic mass is 10.2. The predicted molar refractivity (Wildman–Crippen MR) is 34.4 cm³/mol. The number of aliphatic hydroxyl groups is 1. The van der Waals surface area contributed by atoms with Crippen molar-refractivity contribution in [3.05, 3.63) is 5.32 Å². The Hall–Kier alpha value is -0.610. The summed E-state index contributed by atoms with van der Waals surface area (Å²) in [5, 5.41) is 12.6. The van der Waals surface area contributed by atoms with Gasteiger partial charge in [0.25, 0.3) is 5.97 Å². The van der Waals surface area contributed by atoms with E-state index < -0.39 is 12.3 Å². The van der Waals surface area contributed by atoms with Gasteiger partial charge in [0, 0.05) is 0 Å². The fraction of sp³-hybridized carbons (Fsp3) is 0.833. The summed E-state index contributed by atoms with van der Waals surface area (Å²) in [7, 11) is 1.32. The molecule has 4 nitrogen and oxygen atoms in total. The molecule has 0 aromatic heterocycles. The van der Waals surface area contributed by atoms with Crippen molar-refractivity contribution in [3.63, 3.8) is 0 Å². The van der Waals surface area contributed by atoms with E-state index in [2.05, 4.69) is 10.1 Å². The molecule has 0 aliphatic carbocycles. The van der Waals surface area contributed by atoms with Crippen LogP contribution in [0, 0.1) is 0 Å². The molecule has 10 heavy (non-hydrogen) atoms. The monoisotopic (exact) mass is 144 g/mol. The summed E-state index contributed by atoms with van der Waals surface area (Å²) in [6.45, 7) is 0. The molecule has 0 aromatic carbocycles. The van der Waals surface area contributed by atoms with Gasteiger partial charge in [0.15, 0.2) is 0 Å². The van der Waals surface area contributed by atoms with Crippen LogP contribution in [-0.4, -0.2) is 30.5 Å². The molecule has 0 radical (unpaired) electrons. The van der Waals surface area contributed by atoms with Crippen LogP contribution in [0.1, 0.15) is 12.8 Å². The number of nitrogens with zero attached hydrogens (tertiary/aromatic N) is 1. The molecule has 0 amide bonds. The van der Waals surface area contributed by atoms with Crippen LogP contribution >= 0.6 is 0 Å². The Kier molecular flexibility index (Phi) is 2.24. The predicted octanol–water partition coefficient (Wildman–Crippen LogP) is 0.0139. The van der Waals surface area contributed by atoms with Crippen molar-refractivity contribution in [2.24, 2.45) is 0 Å². The molecule has 0 saturated carbocycles. The first-order chi connectivity index (χ1) is 4.74. The van der Waals surface area contributed by atoms with Crippen molar-refractivity contribution in [3.8, 4) is 0 Å². The van der Waals surface area contributed by atoms with E-state index in [9.17, 15) is 4.79 Å². The number of esters is 1. The average molecular weight is 144 g/mol. The first kappa shape index (κ1) is 7.50. The maximum atomic E-state index is 10.7. The molecular weight excluding hydrogens is 134 g/mol. The largest absolute Gasteiger partial charge is 0.625 e. The molecule has 1 unspecified atom stereocenters. The number of carbonyl (C=O) groups excluding carboxylic acids is 1. The highest BCUT2D eigenvalue weighted by atomic mass is 16.5. The van der Waals surface area contributed by atoms with Gasteiger partial charge in [0.2, 0.25) is 0 Å². The van der Waals surface area contributed by atoms with E-state index in [-0.39, 0.29) is 5.97 Å². The quantitative estimate of drug-likeness (QED) is 0.527. The summed E-state index contributed by atoms with van der Waals surface area (Å²) in [6, 6.07) is -0.431. The van der Waals surface area contributed by atoms with Crippen molar-refractivity contribution in [1.82, 2.24) is 0 Å². The van der Waals surface area contributed by atoms with Gasteiger partial charge in [0.05, 0.1) is 7.11 Å². The third kappa shape index (κ3) is 1.46. The summed E-state index contributed by atoms with van der Waals surface area (Å²) < 4.78 is 4.44. The summed E-state index contributed by atoms with van der Waals surface area (Å²) in [5.41, 5.74) is 0. The number of methoxy groups -OCH3 is 1. The second kappa shape index (κ2) is 2.98. The van der Waals surface area contributed by atoms with E-state index in [0.717, 1.165) is 0 Å². The molecule has 0 spiro atoms. The third-order valence-corrected chi connectivity index (χ3v) is 1.52. The van der Waals surface area contributed by atoms with Gasteiger partial charge in [-0.25, -0.2) is 0 Å². The zero-order valence-electron chi connectivity index (χ0n) is 5.78. The first-order valence-corrected chi connectivity index (χ1v) is 3.20. The lowest BCUT2D eigenvalue weighted by Crippen LogP contribution is -2.18. The Morgan fingerprint density at radius 3 is 2.80 bits per heavy atom. The number of carbonyl (C=O) groups is 1. The Morgan fingerprint density at radius 1 is 1.70 bits per heavy atom. The van der Waals surface area contributed by atoms with Crippen LogP contribution in [0.15, 0.2) is 0 Å². The fourth-order valence-corrected chi connectivity index (χ4v) is 0.978. The molecule has 2 atom stereocenters. The van der Waals surface area contributed by atoms with E-state index >= 15 is 0 Å². The van der Waals surface area contributed by atoms with Crippen LogP contribution < -0.4 is 0 Å².